The van der Waals surface area contributed by atoms with Gasteiger partial charge in [0.05, 0.1) is 14.2 Å². The number of aryl methyl sites for hydroxylation is 3. The standard InChI is InChI=1S/C23H29O5P/c1-8-17(5)29(26,22(24)20-15(3)12-14(2)13-16(20)4)23(25)21-18(27-6)10-9-11-19(21)28-7/h9-13,17H,8H2,1-7H3. The fourth-order valence-corrected chi connectivity index (χ4v) is 6.40. The number of hydrogen-bond acceptors (Lipinski definition) is 5. The second kappa shape index (κ2) is 8.96. The van der Waals surface area contributed by atoms with Crippen molar-refractivity contribution in [3.05, 3.63) is 58.1 Å². The fourth-order valence-electron chi connectivity index (χ4n) is 3.66. The molecule has 0 aliphatic carbocycles. The molecule has 2 aromatic carbocycles. The third kappa shape index (κ3) is 4.02. The van der Waals surface area contributed by atoms with Gasteiger partial charge in [0.15, 0.2) is 0 Å². The maximum Gasteiger partial charge on any atom is 0.236 e. The minimum absolute atomic E-state index is 0.0527. The van der Waals surface area contributed by atoms with Crippen molar-refractivity contribution in [2.45, 2.75) is 46.7 Å². The van der Waals surface area contributed by atoms with E-state index in [1.54, 1.807) is 25.1 Å². The first-order valence-electron chi connectivity index (χ1n) is 9.61. The molecule has 0 spiro atoms. The van der Waals surface area contributed by atoms with Gasteiger partial charge in [-0.1, -0.05) is 37.6 Å². The first-order chi connectivity index (χ1) is 13.6. The van der Waals surface area contributed by atoms with Gasteiger partial charge in [0, 0.05) is 11.2 Å². The van der Waals surface area contributed by atoms with Gasteiger partial charge in [-0.25, -0.2) is 0 Å². The molecule has 2 atom stereocenters. The maximum absolute atomic E-state index is 14.3. The van der Waals surface area contributed by atoms with Crippen LogP contribution in [0.3, 0.4) is 0 Å². The third-order valence-corrected chi connectivity index (χ3v) is 8.61. The van der Waals surface area contributed by atoms with Crippen LogP contribution in [0.25, 0.3) is 0 Å². The lowest BCUT2D eigenvalue weighted by Crippen LogP contribution is -2.21. The molecule has 6 heteroatoms. The summed E-state index contributed by atoms with van der Waals surface area (Å²) in [5.41, 5.74) is 0.931. The van der Waals surface area contributed by atoms with E-state index < -0.39 is 23.8 Å². The highest BCUT2D eigenvalue weighted by Crippen LogP contribution is 2.59. The Bertz CT molecular complexity index is 948. The number of ether oxygens (including phenoxy) is 2. The van der Waals surface area contributed by atoms with E-state index in [2.05, 4.69) is 0 Å². The quantitative estimate of drug-likeness (QED) is 0.511. The first-order valence-corrected chi connectivity index (χ1v) is 11.4. The summed E-state index contributed by atoms with van der Waals surface area (Å²) in [4.78, 5) is 27.4. The molecule has 0 radical (unpaired) electrons. The van der Waals surface area contributed by atoms with Crippen molar-refractivity contribution in [3.63, 3.8) is 0 Å². The molecule has 0 heterocycles. The molecule has 0 bridgehead atoms. The summed E-state index contributed by atoms with van der Waals surface area (Å²) >= 11 is 0. The van der Waals surface area contributed by atoms with Gasteiger partial charge in [-0.15, -0.1) is 0 Å². The molecule has 5 nitrogen and oxygen atoms in total. The van der Waals surface area contributed by atoms with Gasteiger partial charge in [-0.2, -0.15) is 0 Å². The Morgan fingerprint density at radius 2 is 1.38 bits per heavy atom. The minimum Gasteiger partial charge on any atom is -0.496 e. The zero-order chi connectivity index (χ0) is 21.9. The van der Waals surface area contributed by atoms with Crippen LogP contribution in [0.1, 0.15) is 57.7 Å². The molecule has 2 aromatic rings. The highest BCUT2D eigenvalue weighted by molar-refractivity contribution is 7.96. The largest absolute Gasteiger partial charge is 0.496 e. The Morgan fingerprint density at radius 3 is 1.79 bits per heavy atom. The highest BCUT2D eigenvalue weighted by atomic mass is 31.2. The summed E-state index contributed by atoms with van der Waals surface area (Å²) in [6, 6.07) is 8.62. The van der Waals surface area contributed by atoms with E-state index >= 15 is 0 Å². The van der Waals surface area contributed by atoms with E-state index in [1.807, 2.05) is 39.8 Å². The molecule has 0 saturated heterocycles. The van der Waals surface area contributed by atoms with Gasteiger partial charge in [0.25, 0.3) is 0 Å². The number of rotatable bonds is 8. The summed E-state index contributed by atoms with van der Waals surface area (Å²) in [6.07, 6.45) is 0.427. The molecular weight excluding hydrogens is 387 g/mol. The minimum atomic E-state index is -4.02. The Morgan fingerprint density at radius 1 is 0.931 bits per heavy atom. The maximum atomic E-state index is 14.3. The molecule has 0 N–H and O–H groups in total. The Kier molecular flexibility index (Phi) is 7.07. The Balaban J connectivity index is 2.77. The average molecular weight is 416 g/mol. The molecule has 0 aromatic heterocycles. The third-order valence-electron chi connectivity index (χ3n) is 5.35. The topological polar surface area (TPSA) is 69.7 Å². The lowest BCUT2D eigenvalue weighted by atomic mass is 10.0. The van der Waals surface area contributed by atoms with Gasteiger partial charge in [-0.3, -0.25) is 9.59 Å². The molecule has 0 amide bonds. The van der Waals surface area contributed by atoms with Crippen LogP contribution in [0.5, 0.6) is 11.5 Å². The van der Waals surface area contributed by atoms with Crippen LogP contribution in [-0.4, -0.2) is 30.9 Å². The lowest BCUT2D eigenvalue weighted by molar-refractivity contribution is 0.103. The number of carbonyl (C=O) groups is 2. The Hall–Kier alpha value is -2.39. The van der Waals surface area contributed by atoms with Crippen LogP contribution in [-0.2, 0) is 4.57 Å². The number of hydrogen-bond donors (Lipinski definition) is 0. The van der Waals surface area contributed by atoms with Crippen molar-refractivity contribution in [2.75, 3.05) is 14.2 Å². The van der Waals surface area contributed by atoms with Crippen LogP contribution in [0.15, 0.2) is 30.3 Å². The predicted octanol–water partition coefficient (Wildman–Crippen LogP) is 5.77. The number of carbonyl (C=O) groups excluding carboxylic acids is 2. The van der Waals surface area contributed by atoms with Crippen molar-refractivity contribution < 1.29 is 23.6 Å². The Labute approximate surface area is 172 Å². The summed E-state index contributed by atoms with van der Waals surface area (Å²) in [5.74, 6) is 0.478. The molecule has 0 aliphatic rings. The van der Waals surface area contributed by atoms with Crippen molar-refractivity contribution in [1.29, 1.82) is 0 Å². The van der Waals surface area contributed by atoms with Gasteiger partial charge in [-0.05, 0) is 50.5 Å². The predicted molar refractivity (Wildman–Crippen MR) is 116 cm³/mol. The van der Waals surface area contributed by atoms with E-state index in [0.717, 1.165) is 16.7 Å². The van der Waals surface area contributed by atoms with Crippen LogP contribution < -0.4 is 9.47 Å². The summed E-state index contributed by atoms with van der Waals surface area (Å²) in [5, 5.41) is 0. The first kappa shape index (κ1) is 22.9. The monoisotopic (exact) mass is 416 g/mol. The van der Waals surface area contributed by atoms with Gasteiger partial charge in [0.2, 0.25) is 18.2 Å². The number of methoxy groups -OCH3 is 2. The molecular formula is C23H29O5P. The van der Waals surface area contributed by atoms with Gasteiger partial charge in [0.1, 0.15) is 17.1 Å². The second-order valence-electron chi connectivity index (χ2n) is 7.34. The van der Waals surface area contributed by atoms with Crippen molar-refractivity contribution in [2.24, 2.45) is 0 Å². The van der Waals surface area contributed by atoms with E-state index in [-0.39, 0.29) is 17.1 Å². The van der Waals surface area contributed by atoms with Gasteiger partial charge >= 0.3 is 0 Å². The normalized spacial score (nSPS) is 14.0. The zero-order valence-corrected chi connectivity index (χ0v) is 19.1. The van der Waals surface area contributed by atoms with Crippen molar-refractivity contribution >= 4 is 18.2 Å². The molecule has 0 saturated carbocycles. The molecule has 2 unspecified atom stereocenters. The lowest BCUT2D eigenvalue weighted by Gasteiger charge is -2.24. The second-order valence-corrected chi connectivity index (χ2v) is 10.3. The zero-order valence-electron chi connectivity index (χ0n) is 18.2. The summed E-state index contributed by atoms with van der Waals surface area (Å²) < 4.78 is 24.9. The van der Waals surface area contributed by atoms with Crippen molar-refractivity contribution in [3.8, 4) is 11.5 Å². The summed E-state index contributed by atoms with van der Waals surface area (Å²) in [7, 11) is -1.17. The molecule has 0 fully saturated rings. The smallest absolute Gasteiger partial charge is 0.236 e. The fraction of sp³-hybridized carbons (Fsp3) is 0.391. The van der Waals surface area contributed by atoms with Crippen LogP contribution in [0, 0.1) is 20.8 Å². The van der Waals surface area contributed by atoms with E-state index in [0.29, 0.717) is 12.0 Å². The molecule has 156 valence electrons. The van der Waals surface area contributed by atoms with Crippen LogP contribution in [0.2, 0.25) is 0 Å². The molecule has 0 aliphatic heterocycles. The van der Waals surface area contributed by atoms with E-state index in [9.17, 15) is 14.2 Å². The highest BCUT2D eigenvalue weighted by Gasteiger charge is 2.47. The molecule has 2 rings (SSSR count). The van der Waals surface area contributed by atoms with E-state index in [4.69, 9.17) is 9.47 Å². The molecule has 29 heavy (non-hydrogen) atoms. The summed E-state index contributed by atoms with van der Waals surface area (Å²) in [6.45, 7) is 9.07. The van der Waals surface area contributed by atoms with Gasteiger partial charge < -0.3 is 14.0 Å². The van der Waals surface area contributed by atoms with Crippen molar-refractivity contribution in [1.82, 2.24) is 0 Å². The van der Waals surface area contributed by atoms with Crippen LogP contribution in [0.4, 0.5) is 0 Å². The average Bonchev–Trinajstić information content (AvgIpc) is 2.70. The van der Waals surface area contributed by atoms with Crippen LogP contribution >= 0.6 is 7.14 Å². The SMILES string of the molecule is CCC(C)P(=O)(C(=O)c1c(C)cc(C)cc1C)C(=O)c1c(OC)cccc1OC. The number of benzene rings is 2. The van der Waals surface area contributed by atoms with E-state index in [1.165, 1.54) is 14.2 Å².